The first-order valence-corrected chi connectivity index (χ1v) is 10.2. The molecular formula is C28H20N2. The van der Waals surface area contributed by atoms with Crippen molar-refractivity contribution in [3.63, 3.8) is 0 Å². The van der Waals surface area contributed by atoms with Crippen LogP contribution in [0, 0.1) is 0 Å². The van der Waals surface area contributed by atoms with Crippen molar-refractivity contribution in [2.75, 3.05) is 5.73 Å². The fourth-order valence-electron chi connectivity index (χ4n) is 4.54. The molecule has 0 bridgehead atoms. The van der Waals surface area contributed by atoms with Gasteiger partial charge in [0.05, 0.1) is 11.0 Å². The Balaban J connectivity index is 1.67. The van der Waals surface area contributed by atoms with Crippen molar-refractivity contribution in [2.24, 2.45) is 0 Å². The van der Waals surface area contributed by atoms with Gasteiger partial charge >= 0.3 is 0 Å². The van der Waals surface area contributed by atoms with Crippen LogP contribution in [0.4, 0.5) is 5.69 Å². The molecule has 0 fully saturated rings. The minimum atomic E-state index is 0.829. The zero-order valence-corrected chi connectivity index (χ0v) is 16.4. The summed E-state index contributed by atoms with van der Waals surface area (Å²) in [5, 5.41) is 4.77. The zero-order valence-electron chi connectivity index (χ0n) is 16.4. The van der Waals surface area contributed by atoms with E-state index in [9.17, 15) is 0 Å². The van der Waals surface area contributed by atoms with Gasteiger partial charge in [-0.1, -0.05) is 84.9 Å². The molecule has 0 unspecified atom stereocenters. The van der Waals surface area contributed by atoms with E-state index in [4.69, 9.17) is 5.73 Å². The monoisotopic (exact) mass is 384 g/mol. The van der Waals surface area contributed by atoms with Crippen molar-refractivity contribution in [1.29, 1.82) is 0 Å². The maximum atomic E-state index is 6.61. The van der Waals surface area contributed by atoms with E-state index in [2.05, 4.69) is 102 Å². The van der Waals surface area contributed by atoms with Crippen LogP contribution in [-0.2, 0) is 0 Å². The lowest BCUT2D eigenvalue weighted by atomic mass is 9.97. The Hall–Kier alpha value is -4.04. The van der Waals surface area contributed by atoms with E-state index in [1.807, 2.05) is 12.1 Å². The predicted molar refractivity (Wildman–Crippen MR) is 128 cm³/mol. The van der Waals surface area contributed by atoms with E-state index in [0.717, 1.165) is 27.9 Å². The van der Waals surface area contributed by atoms with E-state index in [0.29, 0.717) is 0 Å². The molecule has 5 aromatic carbocycles. The van der Waals surface area contributed by atoms with E-state index in [-0.39, 0.29) is 0 Å². The molecule has 6 aromatic rings. The second-order valence-corrected chi connectivity index (χ2v) is 7.67. The Morgan fingerprint density at radius 1 is 0.533 bits per heavy atom. The Kier molecular flexibility index (Phi) is 3.65. The van der Waals surface area contributed by atoms with Gasteiger partial charge in [0.2, 0.25) is 0 Å². The molecular weight excluding hydrogens is 364 g/mol. The summed E-state index contributed by atoms with van der Waals surface area (Å²) >= 11 is 0. The highest BCUT2D eigenvalue weighted by Gasteiger charge is 2.14. The standard InChI is InChI=1S/C28H20N2/c29-28-22-11-5-4-8-19(22)14-16-23(28)20-15-17-25-24-12-6-7-13-26(24)30(27(25)18-20)21-9-2-1-3-10-21/h1-18H,29H2. The molecule has 0 saturated carbocycles. The molecule has 1 heterocycles. The molecule has 0 aliphatic rings. The molecule has 1 aromatic heterocycles. The van der Waals surface area contributed by atoms with Gasteiger partial charge < -0.3 is 10.3 Å². The molecule has 0 atom stereocenters. The number of para-hydroxylation sites is 2. The van der Waals surface area contributed by atoms with Gasteiger partial charge in [0.15, 0.2) is 0 Å². The second kappa shape index (κ2) is 6.50. The quantitative estimate of drug-likeness (QED) is 0.315. The largest absolute Gasteiger partial charge is 0.398 e. The van der Waals surface area contributed by atoms with Gasteiger partial charge in [0.1, 0.15) is 0 Å². The van der Waals surface area contributed by atoms with Gasteiger partial charge in [-0.05, 0) is 35.2 Å². The Morgan fingerprint density at radius 3 is 2.10 bits per heavy atom. The minimum absolute atomic E-state index is 0.829. The lowest BCUT2D eigenvalue weighted by molar-refractivity contribution is 1.18. The van der Waals surface area contributed by atoms with Crippen molar-refractivity contribution >= 4 is 38.3 Å². The van der Waals surface area contributed by atoms with Gasteiger partial charge in [-0.15, -0.1) is 0 Å². The van der Waals surface area contributed by atoms with Crippen LogP contribution in [-0.4, -0.2) is 4.57 Å². The highest BCUT2D eigenvalue weighted by atomic mass is 15.0. The molecule has 6 rings (SSSR count). The van der Waals surface area contributed by atoms with Crippen LogP contribution in [0.2, 0.25) is 0 Å². The first-order chi connectivity index (χ1) is 14.8. The summed E-state index contributed by atoms with van der Waals surface area (Å²) in [4.78, 5) is 0. The number of hydrogen-bond acceptors (Lipinski definition) is 1. The van der Waals surface area contributed by atoms with Crippen molar-refractivity contribution in [2.45, 2.75) is 0 Å². The predicted octanol–water partition coefficient (Wildman–Crippen LogP) is 7.19. The zero-order chi connectivity index (χ0) is 20.1. The molecule has 0 aliphatic heterocycles. The number of fused-ring (bicyclic) bond motifs is 4. The van der Waals surface area contributed by atoms with Crippen molar-refractivity contribution < 1.29 is 0 Å². The number of rotatable bonds is 2. The van der Waals surface area contributed by atoms with Gasteiger partial charge in [-0.3, -0.25) is 0 Å². The Morgan fingerprint density at radius 2 is 1.23 bits per heavy atom. The van der Waals surface area contributed by atoms with Gasteiger partial charge in [0.25, 0.3) is 0 Å². The van der Waals surface area contributed by atoms with Gasteiger partial charge in [0, 0.05) is 33.1 Å². The average molecular weight is 384 g/mol. The number of aromatic nitrogens is 1. The third-order valence-electron chi connectivity index (χ3n) is 5.97. The summed E-state index contributed by atoms with van der Waals surface area (Å²) in [6.07, 6.45) is 0. The van der Waals surface area contributed by atoms with E-state index < -0.39 is 0 Å². The van der Waals surface area contributed by atoms with Crippen LogP contribution in [0.15, 0.2) is 109 Å². The van der Waals surface area contributed by atoms with Crippen LogP contribution in [0.5, 0.6) is 0 Å². The van der Waals surface area contributed by atoms with E-state index in [1.54, 1.807) is 0 Å². The van der Waals surface area contributed by atoms with Crippen LogP contribution in [0.3, 0.4) is 0 Å². The molecule has 0 radical (unpaired) electrons. The number of benzene rings is 5. The maximum Gasteiger partial charge on any atom is 0.0547 e. The Labute approximate surface area is 174 Å². The Bertz CT molecular complexity index is 1540. The van der Waals surface area contributed by atoms with Gasteiger partial charge in [-0.2, -0.15) is 0 Å². The van der Waals surface area contributed by atoms with Crippen LogP contribution >= 0.6 is 0 Å². The van der Waals surface area contributed by atoms with E-state index >= 15 is 0 Å². The summed E-state index contributed by atoms with van der Waals surface area (Å²) in [6.45, 7) is 0. The fourth-order valence-corrected chi connectivity index (χ4v) is 4.54. The highest BCUT2D eigenvalue weighted by Crippen LogP contribution is 2.37. The molecule has 30 heavy (non-hydrogen) atoms. The van der Waals surface area contributed by atoms with Crippen molar-refractivity contribution in [1.82, 2.24) is 4.57 Å². The summed E-state index contributed by atoms with van der Waals surface area (Å²) < 4.78 is 2.34. The second-order valence-electron chi connectivity index (χ2n) is 7.67. The maximum absolute atomic E-state index is 6.61. The highest BCUT2D eigenvalue weighted by molar-refractivity contribution is 6.11. The SMILES string of the molecule is Nc1c(-c2ccc3c4ccccc4n(-c4ccccc4)c3c2)ccc2ccccc12. The smallest absolute Gasteiger partial charge is 0.0547 e. The van der Waals surface area contributed by atoms with Crippen LogP contribution in [0.1, 0.15) is 0 Å². The molecule has 0 aliphatic carbocycles. The van der Waals surface area contributed by atoms with Crippen molar-refractivity contribution in [3.8, 4) is 16.8 Å². The molecule has 2 nitrogen and oxygen atoms in total. The number of nitrogen functional groups attached to an aromatic ring is 1. The minimum Gasteiger partial charge on any atom is -0.398 e. The summed E-state index contributed by atoms with van der Waals surface area (Å²) in [6, 6.07) is 38.4. The van der Waals surface area contributed by atoms with Crippen LogP contribution in [0.25, 0.3) is 49.4 Å². The number of anilines is 1. The first kappa shape index (κ1) is 16.9. The number of nitrogens with zero attached hydrogens (tertiary/aromatic N) is 1. The summed E-state index contributed by atoms with van der Waals surface area (Å²) in [7, 11) is 0. The fraction of sp³-hybridized carbons (Fsp3) is 0. The summed E-state index contributed by atoms with van der Waals surface area (Å²) in [5.41, 5.74) is 13.2. The van der Waals surface area contributed by atoms with Crippen LogP contribution < -0.4 is 5.73 Å². The molecule has 142 valence electrons. The topological polar surface area (TPSA) is 30.9 Å². The molecule has 0 spiro atoms. The normalized spacial score (nSPS) is 11.5. The first-order valence-electron chi connectivity index (χ1n) is 10.2. The molecule has 2 heteroatoms. The number of nitrogens with two attached hydrogens (primary N) is 1. The lowest BCUT2D eigenvalue weighted by Gasteiger charge is -2.11. The number of hydrogen-bond donors (Lipinski definition) is 1. The van der Waals surface area contributed by atoms with E-state index in [1.165, 1.54) is 27.2 Å². The third-order valence-corrected chi connectivity index (χ3v) is 5.97. The van der Waals surface area contributed by atoms with Crippen molar-refractivity contribution in [3.05, 3.63) is 109 Å². The lowest BCUT2D eigenvalue weighted by Crippen LogP contribution is -1.94. The molecule has 2 N–H and O–H groups in total. The molecule has 0 saturated heterocycles. The molecule has 0 amide bonds. The average Bonchev–Trinajstić information content (AvgIpc) is 3.14. The van der Waals surface area contributed by atoms with Gasteiger partial charge in [-0.25, -0.2) is 0 Å². The third kappa shape index (κ3) is 2.44. The summed E-state index contributed by atoms with van der Waals surface area (Å²) in [5.74, 6) is 0.